The van der Waals surface area contributed by atoms with Crippen molar-refractivity contribution in [2.24, 2.45) is 0 Å². The van der Waals surface area contributed by atoms with Gasteiger partial charge in [-0.2, -0.15) is 0 Å². The van der Waals surface area contributed by atoms with E-state index in [1.54, 1.807) is 0 Å². The number of hydrogen-bond donors (Lipinski definition) is 1. The topological polar surface area (TPSA) is 47.6 Å². The van der Waals surface area contributed by atoms with Crippen molar-refractivity contribution >= 4 is 5.91 Å². The maximum absolute atomic E-state index is 11.6. The lowest BCUT2D eigenvalue weighted by Gasteiger charge is -2.26. The maximum atomic E-state index is 11.6. The SMILES string of the molecule is C=C(CC)NC(=O)C1CCC(CC)OO1. The fraction of sp³-hybridized carbons (Fsp3) is 0.727. The van der Waals surface area contributed by atoms with E-state index in [0.29, 0.717) is 12.1 Å². The van der Waals surface area contributed by atoms with E-state index in [0.717, 1.165) is 19.3 Å². The second-order valence-corrected chi connectivity index (χ2v) is 3.74. The predicted octanol–water partition coefficient (Wildman–Crippen LogP) is 1.92. The fourth-order valence-corrected chi connectivity index (χ4v) is 1.37. The highest BCUT2D eigenvalue weighted by atomic mass is 17.2. The van der Waals surface area contributed by atoms with Gasteiger partial charge in [0, 0.05) is 5.70 Å². The first-order valence-electron chi connectivity index (χ1n) is 5.48. The molecule has 0 bridgehead atoms. The summed E-state index contributed by atoms with van der Waals surface area (Å²) in [5.74, 6) is -0.156. The average Bonchev–Trinajstić information content (AvgIpc) is 2.29. The molecule has 0 aliphatic carbocycles. The summed E-state index contributed by atoms with van der Waals surface area (Å²) in [5.41, 5.74) is 0.709. The standard InChI is InChI=1S/C11H19NO3/c1-4-8(3)12-11(13)10-7-6-9(5-2)14-15-10/h9-10H,3-7H2,1-2H3,(H,12,13). The highest BCUT2D eigenvalue weighted by Crippen LogP contribution is 2.19. The molecule has 2 unspecified atom stereocenters. The van der Waals surface area contributed by atoms with Crippen molar-refractivity contribution < 1.29 is 14.6 Å². The zero-order chi connectivity index (χ0) is 11.3. The summed E-state index contributed by atoms with van der Waals surface area (Å²) < 4.78 is 0. The molecule has 0 aromatic rings. The Balaban J connectivity index is 2.33. The molecular formula is C11H19NO3. The number of hydrogen-bond acceptors (Lipinski definition) is 3. The van der Waals surface area contributed by atoms with Crippen molar-refractivity contribution in [3.63, 3.8) is 0 Å². The second kappa shape index (κ2) is 5.88. The monoisotopic (exact) mass is 213 g/mol. The number of allylic oxidation sites excluding steroid dienone is 1. The van der Waals surface area contributed by atoms with Gasteiger partial charge in [0.05, 0.1) is 6.10 Å². The van der Waals surface area contributed by atoms with Gasteiger partial charge in [-0.1, -0.05) is 20.4 Å². The Bertz CT molecular complexity index is 232. The van der Waals surface area contributed by atoms with Crippen LogP contribution in [0.1, 0.15) is 39.5 Å². The van der Waals surface area contributed by atoms with Gasteiger partial charge in [-0.05, 0) is 25.7 Å². The van der Waals surface area contributed by atoms with E-state index in [1.807, 2.05) is 13.8 Å². The van der Waals surface area contributed by atoms with Gasteiger partial charge in [0.25, 0.3) is 5.91 Å². The molecule has 1 fully saturated rings. The van der Waals surface area contributed by atoms with Crippen molar-refractivity contribution in [1.82, 2.24) is 5.32 Å². The van der Waals surface area contributed by atoms with Gasteiger partial charge < -0.3 is 5.32 Å². The van der Waals surface area contributed by atoms with Gasteiger partial charge >= 0.3 is 0 Å². The molecule has 1 aliphatic rings. The maximum Gasteiger partial charge on any atom is 0.256 e. The molecule has 2 atom stereocenters. The fourth-order valence-electron chi connectivity index (χ4n) is 1.37. The molecule has 4 nitrogen and oxygen atoms in total. The lowest BCUT2D eigenvalue weighted by Crippen LogP contribution is -2.40. The van der Waals surface area contributed by atoms with Crippen LogP contribution in [0.15, 0.2) is 12.3 Å². The van der Waals surface area contributed by atoms with E-state index in [2.05, 4.69) is 11.9 Å². The zero-order valence-corrected chi connectivity index (χ0v) is 9.41. The molecule has 1 saturated heterocycles. The van der Waals surface area contributed by atoms with Crippen LogP contribution in [0.4, 0.5) is 0 Å². The minimum absolute atomic E-state index is 0.128. The van der Waals surface area contributed by atoms with Gasteiger partial charge in [-0.25, -0.2) is 9.78 Å². The van der Waals surface area contributed by atoms with E-state index in [4.69, 9.17) is 9.78 Å². The van der Waals surface area contributed by atoms with E-state index < -0.39 is 6.10 Å². The molecule has 1 amide bonds. The molecule has 0 radical (unpaired) electrons. The summed E-state index contributed by atoms with van der Waals surface area (Å²) in [6, 6.07) is 0. The number of nitrogens with one attached hydrogen (secondary N) is 1. The highest BCUT2D eigenvalue weighted by Gasteiger charge is 2.27. The summed E-state index contributed by atoms with van der Waals surface area (Å²) in [6.45, 7) is 7.68. The molecule has 1 rings (SSSR count). The first kappa shape index (κ1) is 12.2. The quantitative estimate of drug-likeness (QED) is 0.726. The zero-order valence-electron chi connectivity index (χ0n) is 9.41. The van der Waals surface area contributed by atoms with Crippen LogP contribution in [-0.2, 0) is 14.6 Å². The number of rotatable bonds is 4. The number of amides is 1. The summed E-state index contributed by atoms with van der Waals surface area (Å²) in [4.78, 5) is 21.7. The molecule has 1 heterocycles. The van der Waals surface area contributed by atoms with E-state index in [1.165, 1.54) is 0 Å². The van der Waals surface area contributed by atoms with Crippen LogP contribution in [0.3, 0.4) is 0 Å². The van der Waals surface area contributed by atoms with Crippen LogP contribution < -0.4 is 5.32 Å². The third kappa shape index (κ3) is 3.64. The van der Waals surface area contributed by atoms with E-state index in [-0.39, 0.29) is 12.0 Å². The van der Waals surface area contributed by atoms with Gasteiger partial charge in [-0.3, -0.25) is 4.79 Å². The smallest absolute Gasteiger partial charge is 0.256 e. The number of carbonyl (C=O) groups excluding carboxylic acids is 1. The summed E-state index contributed by atoms with van der Waals surface area (Å²) in [6.07, 6.45) is 2.86. The van der Waals surface area contributed by atoms with Gasteiger partial charge in [0.2, 0.25) is 0 Å². The summed E-state index contributed by atoms with van der Waals surface area (Å²) in [7, 11) is 0. The molecule has 1 N–H and O–H groups in total. The van der Waals surface area contributed by atoms with Crippen LogP contribution in [-0.4, -0.2) is 18.1 Å². The van der Waals surface area contributed by atoms with Crippen LogP contribution in [0.2, 0.25) is 0 Å². The van der Waals surface area contributed by atoms with Crippen LogP contribution in [0.5, 0.6) is 0 Å². The molecule has 4 heteroatoms. The van der Waals surface area contributed by atoms with Crippen molar-refractivity contribution in [3.05, 3.63) is 12.3 Å². The molecule has 0 aromatic carbocycles. The predicted molar refractivity (Wildman–Crippen MR) is 56.8 cm³/mol. The highest BCUT2D eigenvalue weighted by molar-refractivity contribution is 5.82. The Morgan fingerprint density at radius 3 is 2.60 bits per heavy atom. The number of carbonyl (C=O) groups is 1. The lowest BCUT2D eigenvalue weighted by molar-refractivity contribution is -0.365. The third-order valence-electron chi connectivity index (χ3n) is 2.53. The molecule has 0 spiro atoms. The molecule has 1 aliphatic heterocycles. The molecule has 86 valence electrons. The van der Waals surface area contributed by atoms with E-state index in [9.17, 15) is 4.79 Å². The van der Waals surface area contributed by atoms with Crippen molar-refractivity contribution in [1.29, 1.82) is 0 Å². The van der Waals surface area contributed by atoms with Gasteiger partial charge in [0.15, 0.2) is 6.10 Å². The Kier molecular flexibility index (Phi) is 4.78. The first-order valence-corrected chi connectivity index (χ1v) is 5.48. The largest absolute Gasteiger partial charge is 0.328 e. The normalized spacial score (nSPS) is 26.0. The summed E-state index contributed by atoms with van der Waals surface area (Å²) in [5, 5.41) is 2.69. The van der Waals surface area contributed by atoms with Crippen LogP contribution in [0.25, 0.3) is 0 Å². The lowest BCUT2D eigenvalue weighted by atomic mass is 10.1. The van der Waals surface area contributed by atoms with Crippen molar-refractivity contribution in [2.75, 3.05) is 0 Å². The minimum Gasteiger partial charge on any atom is -0.328 e. The minimum atomic E-state index is -0.490. The Hall–Kier alpha value is -0.870. The van der Waals surface area contributed by atoms with Crippen LogP contribution >= 0.6 is 0 Å². The average molecular weight is 213 g/mol. The van der Waals surface area contributed by atoms with Crippen molar-refractivity contribution in [2.45, 2.75) is 51.7 Å². The molecular weight excluding hydrogens is 194 g/mol. The van der Waals surface area contributed by atoms with Crippen molar-refractivity contribution in [3.8, 4) is 0 Å². The molecule has 0 aromatic heterocycles. The molecule has 15 heavy (non-hydrogen) atoms. The van der Waals surface area contributed by atoms with Gasteiger partial charge in [0.1, 0.15) is 0 Å². The Morgan fingerprint density at radius 2 is 2.13 bits per heavy atom. The van der Waals surface area contributed by atoms with Gasteiger partial charge in [-0.15, -0.1) is 0 Å². The Labute approximate surface area is 90.6 Å². The second-order valence-electron chi connectivity index (χ2n) is 3.74. The molecule has 0 saturated carbocycles. The Morgan fingerprint density at radius 1 is 1.40 bits per heavy atom. The third-order valence-corrected chi connectivity index (χ3v) is 2.53. The van der Waals surface area contributed by atoms with Crippen LogP contribution in [0, 0.1) is 0 Å². The first-order chi connectivity index (χ1) is 7.17. The summed E-state index contributed by atoms with van der Waals surface area (Å²) >= 11 is 0. The van der Waals surface area contributed by atoms with E-state index >= 15 is 0 Å².